The van der Waals surface area contributed by atoms with Gasteiger partial charge in [0, 0.05) is 29.4 Å². The zero-order valence-corrected chi connectivity index (χ0v) is 17.3. The molecule has 1 N–H and O–H groups in total. The highest BCUT2D eigenvalue weighted by Crippen LogP contribution is 2.56. The Morgan fingerprint density at radius 2 is 2.00 bits per heavy atom. The predicted octanol–water partition coefficient (Wildman–Crippen LogP) is 2.39. The first-order valence-electron chi connectivity index (χ1n) is 9.86. The van der Waals surface area contributed by atoms with E-state index in [4.69, 9.17) is 14.2 Å². The minimum absolute atomic E-state index is 0.213. The predicted molar refractivity (Wildman–Crippen MR) is 103 cm³/mol. The van der Waals surface area contributed by atoms with E-state index < -0.39 is 47.7 Å². The summed E-state index contributed by atoms with van der Waals surface area (Å²) >= 11 is 0. The third-order valence-electron chi connectivity index (χ3n) is 6.40. The summed E-state index contributed by atoms with van der Waals surface area (Å²) in [5.74, 6) is -2.07. The molecular formula is C22H28O7. The number of ether oxygens (including phenoxy) is 3. The van der Waals surface area contributed by atoms with Gasteiger partial charge < -0.3 is 19.3 Å². The van der Waals surface area contributed by atoms with Crippen LogP contribution in [-0.4, -0.2) is 47.4 Å². The molecule has 0 amide bonds. The van der Waals surface area contributed by atoms with Crippen molar-refractivity contribution in [1.29, 1.82) is 0 Å². The van der Waals surface area contributed by atoms with Crippen LogP contribution in [0.2, 0.25) is 0 Å². The molecule has 6 atom stereocenters. The lowest BCUT2D eigenvalue weighted by molar-refractivity contribution is -0.159. The maximum absolute atomic E-state index is 12.4. The molecule has 3 rings (SSSR count). The molecule has 7 nitrogen and oxygen atoms in total. The summed E-state index contributed by atoms with van der Waals surface area (Å²) in [5.41, 5.74) is 1.04. The number of aliphatic hydroxyl groups excluding tert-OH is 1. The van der Waals surface area contributed by atoms with Crippen LogP contribution in [0.5, 0.6) is 0 Å². The van der Waals surface area contributed by atoms with E-state index in [2.05, 4.69) is 13.2 Å². The van der Waals surface area contributed by atoms with Crippen molar-refractivity contribution in [1.82, 2.24) is 0 Å². The molecule has 2 aliphatic carbocycles. The lowest BCUT2D eigenvalue weighted by Gasteiger charge is -2.52. The molecule has 1 heterocycles. The summed E-state index contributed by atoms with van der Waals surface area (Å²) in [6.45, 7) is 14.4. The second-order valence-electron chi connectivity index (χ2n) is 8.40. The minimum atomic E-state index is -0.865. The van der Waals surface area contributed by atoms with Gasteiger partial charge in [-0.2, -0.15) is 0 Å². The fourth-order valence-electron chi connectivity index (χ4n) is 4.76. The molecule has 0 spiro atoms. The van der Waals surface area contributed by atoms with E-state index in [-0.39, 0.29) is 30.0 Å². The summed E-state index contributed by atoms with van der Waals surface area (Å²) in [5, 5.41) is 11.0. The summed E-state index contributed by atoms with van der Waals surface area (Å²) in [6, 6.07) is 0. The minimum Gasteiger partial charge on any atom is -0.458 e. The van der Waals surface area contributed by atoms with Crippen LogP contribution < -0.4 is 0 Å². The molecule has 0 aromatic heterocycles. The topological polar surface area (TPSA) is 99.1 Å². The Hall–Kier alpha value is -2.41. The maximum Gasteiger partial charge on any atom is 0.334 e. The molecule has 158 valence electrons. The quantitative estimate of drug-likeness (QED) is 0.332. The molecule has 0 bridgehead atoms. The van der Waals surface area contributed by atoms with Gasteiger partial charge in [0.2, 0.25) is 0 Å². The van der Waals surface area contributed by atoms with Crippen molar-refractivity contribution in [3.05, 3.63) is 35.5 Å². The molecule has 0 unspecified atom stereocenters. The van der Waals surface area contributed by atoms with E-state index in [0.717, 1.165) is 5.57 Å². The van der Waals surface area contributed by atoms with Gasteiger partial charge in [-0.15, -0.1) is 0 Å². The number of carbonyl (C=O) groups is 3. The van der Waals surface area contributed by atoms with Crippen LogP contribution in [0.3, 0.4) is 0 Å². The smallest absolute Gasteiger partial charge is 0.334 e. The number of fused-ring (bicyclic) bond motifs is 2. The molecule has 3 aliphatic rings. The van der Waals surface area contributed by atoms with E-state index in [0.29, 0.717) is 12.0 Å². The van der Waals surface area contributed by atoms with Gasteiger partial charge in [0.25, 0.3) is 0 Å². The Kier molecular flexibility index (Phi) is 5.47. The number of esters is 3. The van der Waals surface area contributed by atoms with Crippen LogP contribution in [0, 0.1) is 11.3 Å². The SMILES string of the molecule is C=C(C)C(=O)O[C@H]1C2=C(C)[C@H](OC(=O)CC)C[C@@H](O)[C@]2(C)C[C@H]2OC(=O)C(=C)[C@H]21. The van der Waals surface area contributed by atoms with Gasteiger partial charge in [-0.05, 0) is 31.4 Å². The first kappa shape index (κ1) is 21.3. The van der Waals surface area contributed by atoms with Crippen molar-refractivity contribution in [3.8, 4) is 0 Å². The largest absolute Gasteiger partial charge is 0.458 e. The van der Waals surface area contributed by atoms with Crippen LogP contribution in [-0.2, 0) is 28.6 Å². The van der Waals surface area contributed by atoms with Crippen LogP contribution in [0.15, 0.2) is 35.5 Å². The molecular weight excluding hydrogens is 376 g/mol. The Balaban J connectivity index is 2.12. The third-order valence-corrected chi connectivity index (χ3v) is 6.40. The van der Waals surface area contributed by atoms with Gasteiger partial charge in [0.05, 0.1) is 12.0 Å². The van der Waals surface area contributed by atoms with Crippen LogP contribution in [0.1, 0.15) is 47.0 Å². The summed E-state index contributed by atoms with van der Waals surface area (Å²) in [4.78, 5) is 36.5. The molecule has 1 saturated heterocycles. The van der Waals surface area contributed by atoms with Gasteiger partial charge in [-0.3, -0.25) is 4.79 Å². The molecule has 2 fully saturated rings. The normalized spacial score (nSPS) is 36.1. The maximum atomic E-state index is 12.4. The van der Waals surface area contributed by atoms with Gasteiger partial charge >= 0.3 is 17.9 Å². The average Bonchev–Trinajstić information content (AvgIpc) is 2.92. The Morgan fingerprint density at radius 1 is 1.34 bits per heavy atom. The summed E-state index contributed by atoms with van der Waals surface area (Å²) in [7, 11) is 0. The Bertz CT molecular complexity index is 823. The van der Waals surface area contributed by atoms with Crippen molar-refractivity contribution in [2.24, 2.45) is 11.3 Å². The number of hydrogen-bond acceptors (Lipinski definition) is 7. The van der Waals surface area contributed by atoms with Crippen LogP contribution in [0.25, 0.3) is 0 Å². The highest BCUT2D eigenvalue weighted by molar-refractivity contribution is 5.92. The van der Waals surface area contributed by atoms with Crippen molar-refractivity contribution >= 4 is 17.9 Å². The number of carbonyl (C=O) groups excluding carboxylic acids is 3. The fraction of sp³-hybridized carbons (Fsp3) is 0.591. The second kappa shape index (κ2) is 7.44. The fourth-order valence-corrected chi connectivity index (χ4v) is 4.76. The first-order valence-corrected chi connectivity index (χ1v) is 9.86. The summed E-state index contributed by atoms with van der Waals surface area (Å²) in [6.07, 6.45) is -2.10. The Labute approximate surface area is 170 Å². The molecule has 1 aliphatic heterocycles. The lowest BCUT2D eigenvalue weighted by atomic mass is 9.57. The zero-order chi connectivity index (χ0) is 21.7. The van der Waals surface area contributed by atoms with Gasteiger partial charge in [-0.25, -0.2) is 9.59 Å². The highest BCUT2D eigenvalue weighted by Gasteiger charge is 2.60. The molecule has 29 heavy (non-hydrogen) atoms. The monoisotopic (exact) mass is 404 g/mol. The average molecular weight is 404 g/mol. The summed E-state index contributed by atoms with van der Waals surface area (Å²) < 4.78 is 16.8. The van der Waals surface area contributed by atoms with Gasteiger partial charge in [-0.1, -0.05) is 27.0 Å². The molecule has 0 aromatic carbocycles. The second-order valence-corrected chi connectivity index (χ2v) is 8.40. The first-order chi connectivity index (χ1) is 13.5. The van der Waals surface area contributed by atoms with E-state index >= 15 is 0 Å². The number of aliphatic hydroxyl groups is 1. The Morgan fingerprint density at radius 3 is 2.59 bits per heavy atom. The lowest BCUT2D eigenvalue weighted by Crippen LogP contribution is -2.55. The standard InChI is InChI=1S/C22H28O7/c1-7-16(24)27-13-8-15(23)22(6)9-14-17(12(5)21(26)28-14)19(18(22)11(13)4)29-20(25)10(2)3/h13-15,17,19,23H,2,5,7-9H2,1,3-4,6H3/t13-,14-,15-,17-,19-,22+/m1/s1. The van der Waals surface area contributed by atoms with Gasteiger partial charge in [0.15, 0.2) is 0 Å². The van der Waals surface area contributed by atoms with Gasteiger partial charge in [0.1, 0.15) is 18.3 Å². The number of hydrogen-bond donors (Lipinski definition) is 1. The molecule has 0 aromatic rings. The van der Waals surface area contributed by atoms with Crippen molar-refractivity contribution < 1.29 is 33.7 Å². The van der Waals surface area contributed by atoms with E-state index in [1.54, 1.807) is 6.92 Å². The molecule has 7 heteroatoms. The van der Waals surface area contributed by atoms with Crippen molar-refractivity contribution in [3.63, 3.8) is 0 Å². The van der Waals surface area contributed by atoms with Crippen molar-refractivity contribution in [2.75, 3.05) is 0 Å². The van der Waals surface area contributed by atoms with E-state index in [9.17, 15) is 19.5 Å². The van der Waals surface area contributed by atoms with E-state index in [1.165, 1.54) is 6.92 Å². The van der Waals surface area contributed by atoms with Crippen LogP contribution in [0.4, 0.5) is 0 Å². The third kappa shape index (κ3) is 3.41. The molecule has 0 radical (unpaired) electrons. The molecule has 1 saturated carbocycles. The number of rotatable bonds is 4. The highest BCUT2D eigenvalue weighted by atomic mass is 16.6. The van der Waals surface area contributed by atoms with Crippen molar-refractivity contribution in [2.45, 2.75) is 71.4 Å². The van der Waals surface area contributed by atoms with E-state index in [1.807, 2.05) is 13.8 Å². The zero-order valence-electron chi connectivity index (χ0n) is 17.3. The van der Waals surface area contributed by atoms with Crippen LogP contribution >= 0.6 is 0 Å².